The van der Waals surface area contributed by atoms with E-state index in [1.54, 1.807) is 0 Å². The van der Waals surface area contributed by atoms with Crippen LogP contribution in [0.1, 0.15) is 44.1 Å². The van der Waals surface area contributed by atoms with Crippen molar-refractivity contribution in [2.45, 2.75) is 101 Å². The van der Waals surface area contributed by atoms with Gasteiger partial charge in [-0.3, -0.25) is 0 Å². The van der Waals surface area contributed by atoms with Crippen LogP contribution in [0.25, 0.3) is 0 Å². The van der Waals surface area contributed by atoms with Gasteiger partial charge in [0.2, 0.25) is 0 Å². The van der Waals surface area contributed by atoms with E-state index in [9.17, 15) is 0 Å². The van der Waals surface area contributed by atoms with Gasteiger partial charge in [0.15, 0.2) is 12.6 Å². The third kappa shape index (κ3) is 6.58. The van der Waals surface area contributed by atoms with E-state index in [1.807, 2.05) is 30.3 Å². The van der Waals surface area contributed by atoms with Crippen LogP contribution in [0.5, 0.6) is 0 Å². The summed E-state index contributed by atoms with van der Waals surface area (Å²) >= 11 is 0. The zero-order chi connectivity index (χ0) is 25.6. The molecule has 10 heteroatoms. The molecule has 5 heterocycles. The van der Waals surface area contributed by atoms with Crippen LogP contribution >= 0.6 is 0 Å². The van der Waals surface area contributed by atoms with E-state index in [0.717, 1.165) is 57.3 Å². The molecule has 0 spiro atoms. The average Bonchev–Trinajstić information content (AvgIpc) is 2.97. The van der Waals surface area contributed by atoms with E-state index in [-0.39, 0.29) is 49.2 Å². The second-order valence-electron chi connectivity index (χ2n) is 10.4. The van der Waals surface area contributed by atoms with Crippen LogP contribution in [0.4, 0.5) is 0 Å². The fraction of sp³-hybridized carbons (Fsp3) is 0.786. The van der Waals surface area contributed by atoms with Gasteiger partial charge < -0.3 is 47.4 Å². The largest absolute Gasteiger partial charge is 0.370 e. The smallest absolute Gasteiger partial charge is 0.272 e. The molecule has 0 aromatic heterocycles. The summed E-state index contributed by atoms with van der Waals surface area (Å²) in [6, 6.07) is 10.1. The van der Waals surface area contributed by atoms with Crippen molar-refractivity contribution < 1.29 is 47.4 Å². The number of hydrogen-bond acceptors (Lipinski definition) is 10. The average molecular weight is 537 g/mol. The number of ether oxygens (including phenoxy) is 10. The molecule has 10 nitrogen and oxygen atoms in total. The molecule has 1 saturated carbocycles. The fourth-order valence-corrected chi connectivity index (χ4v) is 5.82. The zero-order valence-corrected chi connectivity index (χ0v) is 21.9. The Morgan fingerprint density at radius 3 is 1.58 bits per heavy atom. The van der Waals surface area contributed by atoms with Crippen molar-refractivity contribution in [3.63, 3.8) is 0 Å². The lowest BCUT2D eigenvalue weighted by Crippen LogP contribution is -2.76. The van der Waals surface area contributed by atoms with Crippen LogP contribution in [0.15, 0.2) is 30.3 Å². The molecule has 9 atom stereocenters. The molecule has 1 aliphatic carbocycles. The van der Waals surface area contributed by atoms with Gasteiger partial charge >= 0.3 is 0 Å². The topological polar surface area (TPSA) is 92.3 Å². The Balaban J connectivity index is 1.07. The summed E-state index contributed by atoms with van der Waals surface area (Å²) in [4.78, 5) is 0. The van der Waals surface area contributed by atoms with Gasteiger partial charge in [-0.1, -0.05) is 30.3 Å². The van der Waals surface area contributed by atoms with Gasteiger partial charge in [0.05, 0.1) is 33.0 Å². The van der Waals surface area contributed by atoms with Crippen molar-refractivity contribution in [1.82, 2.24) is 0 Å². The van der Waals surface area contributed by atoms with E-state index >= 15 is 0 Å². The van der Waals surface area contributed by atoms with Gasteiger partial charge in [-0.05, 0) is 44.1 Å². The molecule has 1 aromatic rings. The highest BCUT2D eigenvalue weighted by Gasteiger charge is 2.63. The monoisotopic (exact) mass is 536 g/mol. The minimum absolute atomic E-state index is 0.155. The summed E-state index contributed by atoms with van der Waals surface area (Å²) in [6.07, 6.45) is 3.81. The maximum absolute atomic E-state index is 6.40. The van der Waals surface area contributed by atoms with Crippen molar-refractivity contribution in [3.05, 3.63) is 35.9 Å². The SMILES string of the molecule is c1ccc(COC2[C@H]3OC4OC([C@H]3OCCOC3CCCCO3)[C@H](OCCOC3CCCCO3)[C@H]2O4)cc1. The summed E-state index contributed by atoms with van der Waals surface area (Å²) in [5.41, 5.74) is 1.08. The number of benzene rings is 1. The van der Waals surface area contributed by atoms with Gasteiger partial charge in [0, 0.05) is 13.2 Å². The van der Waals surface area contributed by atoms with Crippen LogP contribution < -0.4 is 0 Å². The number of hydrogen-bond donors (Lipinski definition) is 0. The molecule has 5 saturated heterocycles. The Bertz CT molecular complexity index is 786. The molecule has 0 N–H and O–H groups in total. The minimum atomic E-state index is -0.745. The molecule has 212 valence electrons. The Hall–Kier alpha value is -1.18. The summed E-state index contributed by atoms with van der Waals surface area (Å²) < 4.78 is 60.4. The quantitative estimate of drug-likeness (QED) is 0.351. The second kappa shape index (κ2) is 13.5. The van der Waals surface area contributed by atoms with Gasteiger partial charge in [-0.2, -0.15) is 0 Å². The maximum atomic E-state index is 6.40. The highest BCUT2D eigenvalue weighted by molar-refractivity contribution is 5.14. The first-order chi connectivity index (χ1) is 18.8. The summed E-state index contributed by atoms with van der Waals surface area (Å²) in [7, 11) is 0. The Labute approximate surface area is 224 Å². The molecule has 38 heavy (non-hydrogen) atoms. The van der Waals surface area contributed by atoms with Gasteiger partial charge in [-0.15, -0.1) is 0 Å². The zero-order valence-electron chi connectivity index (χ0n) is 21.9. The van der Waals surface area contributed by atoms with E-state index < -0.39 is 6.48 Å². The molecule has 1 aromatic carbocycles. The van der Waals surface area contributed by atoms with Crippen LogP contribution in [-0.2, 0) is 54.0 Å². The first-order valence-corrected chi connectivity index (χ1v) is 14.2. The van der Waals surface area contributed by atoms with Gasteiger partial charge in [0.25, 0.3) is 6.48 Å². The van der Waals surface area contributed by atoms with Gasteiger partial charge in [0.1, 0.15) is 36.6 Å². The Morgan fingerprint density at radius 1 is 0.579 bits per heavy atom. The van der Waals surface area contributed by atoms with Crippen LogP contribution in [0.2, 0.25) is 0 Å². The normalized spacial score (nSPS) is 38.5. The molecule has 5 unspecified atom stereocenters. The third-order valence-electron chi connectivity index (χ3n) is 7.70. The fourth-order valence-electron chi connectivity index (χ4n) is 5.82. The standard InChI is InChI=1S/C28H40O10/c1-2-8-19(9-3-1)18-35-24-26-22(33-16-14-31-20-10-4-6-12-29-20)25-23(27(24)38-28(36-25)37-26)34-17-15-32-21-11-5-7-13-30-21/h1-3,8-9,20-28H,4-7,10-18H2/t20?,21?,22-,23+,24?,25?,26+,27-,28?. The highest BCUT2D eigenvalue weighted by atomic mass is 16.9. The van der Waals surface area contributed by atoms with Crippen molar-refractivity contribution in [1.29, 1.82) is 0 Å². The van der Waals surface area contributed by atoms with Crippen LogP contribution in [-0.4, -0.2) is 95.3 Å². The second-order valence-corrected chi connectivity index (χ2v) is 10.4. The van der Waals surface area contributed by atoms with Crippen molar-refractivity contribution in [3.8, 4) is 0 Å². The van der Waals surface area contributed by atoms with E-state index in [2.05, 4.69) is 0 Å². The van der Waals surface area contributed by atoms with Crippen LogP contribution in [0.3, 0.4) is 0 Å². The van der Waals surface area contributed by atoms with Crippen molar-refractivity contribution >= 4 is 0 Å². The molecule has 6 aliphatic rings. The van der Waals surface area contributed by atoms with Crippen molar-refractivity contribution in [2.24, 2.45) is 0 Å². The number of rotatable bonds is 13. The van der Waals surface area contributed by atoms with E-state index in [1.165, 1.54) is 0 Å². The summed E-state index contributed by atoms with van der Waals surface area (Å²) in [5, 5.41) is 0. The minimum Gasteiger partial charge on any atom is -0.370 e. The van der Waals surface area contributed by atoms with Crippen molar-refractivity contribution in [2.75, 3.05) is 39.6 Å². The molecule has 6 fully saturated rings. The molecule has 7 rings (SSSR count). The Morgan fingerprint density at radius 2 is 1.08 bits per heavy atom. The Kier molecular flexibility index (Phi) is 9.56. The predicted molar refractivity (Wildman–Crippen MR) is 132 cm³/mol. The molecular formula is C28H40O10. The lowest BCUT2D eigenvalue weighted by molar-refractivity contribution is -0.489. The molecule has 0 amide bonds. The molecule has 5 aliphatic heterocycles. The van der Waals surface area contributed by atoms with E-state index in [4.69, 9.17) is 47.4 Å². The first kappa shape index (κ1) is 27.0. The lowest BCUT2D eigenvalue weighted by atomic mass is 9.82. The predicted octanol–water partition coefficient (Wildman–Crippen LogP) is 2.91. The molecular weight excluding hydrogens is 496 g/mol. The third-order valence-corrected chi connectivity index (χ3v) is 7.70. The molecule has 0 radical (unpaired) electrons. The van der Waals surface area contributed by atoms with E-state index in [0.29, 0.717) is 33.0 Å². The lowest BCUT2D eigenvalue weighted by Gasteiger charge is -2.58. The summed E-state index contributed by atoms with van der Waals surface area (Å²) in [5.74, 6) is 0. The summed E-state index contributed by atoms with van der Waals surface area (Å²) in [6.45, 7) is 2.83. The van der Waals surface area contributed by atoms with Crippen LogP contribution in [0, 0.1) is 0 Å². The molecule has 4 bridgehead atoms. The van der Waals surface area contributed by atoms with Gasteiger partial charge in [-0.25, -0.2) is 0 Å². The highest BCUT2D eigenvalue weighted by Crippen LogP contribution is 2.43. The maximum Gasteiger partial charge on any atom is 0.272 e. The first-order valence-electron chi connectivity index (χ1n) is 14.2.